The number of aliphatic hydroxyl groups excluding tert-OH is 1. The Morgan fingerprint density at radius 2 is 1.86 bits per heavy atom. The summed E-state index contributed by atoms with van der Waals surface area (Å²) in [6.07, 6.45) is 2.45. The number of piperidine rings is 1. The first-order chi connectivity index (χ1) is 17.8. The average Bonchev–Trinajstić information content (AvgIpc) is 3.59. The highest BCUT2D eigenvalue weighted by atomic mass is 32.2. The molecule has 1 aromatic heterocycles. The predicted octanol–water partition coefficient (Wildman–Crippen LogP) is 3.71. The van der Waals surface area contributed by atoms with Gasteiger partial charge in [0.2, 0.25) is 16.8 Å². The number of benzene rings is 2. The van der Waals surface area contributed by atoms with Gasteiger partial charge < -0.3 is 14.6 Å². The molecule has 3 aromatic rings. The van der Waals surface area contributed by atoms with E-state index in [0.717, 1.165) is 24.0 Å². The number of hydrogen-bond acceptors (Lipinski definition) is 7. The molecule has 37 heavy (non-hydrogen) atoms. The molecule has 6 rings (SSSR count). The van der Waals surface area contributed by atoms with Gasteiger partial charge in [-0.2, -0.15) is 4.31 Å². The van der Waals surface area contributed by atoms with E-state index in [-0.39, 0.29) is 31.9 Å². The van der Waals surface area contributed by atoms with Gasteiger partial charge in [-0.15, -0.1) is 0 Å². The fraction of sp³-hybridized carbons (Fsp3) is 0.357. The molecule has 0 spiro atoms. The lowest BCUT2D eigenvalue weighted by Crippen LogP contribution is -2.42. The maximum atomic E-state index is 13.4. The van der Waals surface area contributed by atoms with Crippen LogP contribution >= 0.6 is 0 Å². The summed E-state index contributed by atoms with van der Waals surface area (Å²) in [5.41, 5.74) is 2.57. The summed E-state index contributed by atoms with van der Waals surface area (Å²) in [4.78, 5) is 18.3. The van der Waals surface area contributed by atoms with Crippen LogP contribution in [0.15, 0.2) is 65.6 Å². The zero-order valence-corrected chi connectivity index (χ0v) is 21.1. The summed E-state index contributed by atoms with van der Waals surface area (Å²) in [5.74, 6) is 1.51. The first-order valence-electron chi connectivity index (χ1n) is 12.5. The number of ether oxygens (including phenoxy) is 2. The highest BCUT2D eigenvalue weighted by Crippen LogP contribution is 2.51. The molecule has 2 aromatic carbocycles. The molecule has 8 nitrogen and oxygen atoms in total. The number of carbonyl (C=O) groups is 1. The molecule has 1 atom stereocenters. The van der Waals surface area contributed by atoms with Crippen molar-refractivity contribution in [2.24, 2.45) is 0 Å². The third-order valence-corrected chi connectivity index (χ3v) is 9.38. The Kier molecular flexibility index (Phi) is 6.01. The molecule has 1 saturated heterocycles. The van der Waals surface area contributed by atoms with Crippen LogP contribution in [0, 0.1) is 0 Å². The van der Waals surface area contributed by atoms with Gasteiger partial charge in [-0.3, -0.25) is 9.78 Å². The maximum Gasteiger partial charge on any atom is 0.243 e. The normalized spacial score (nSPS) is 20.5. The number of sulfonamides is 1. The van der Waals surface area contributed by atoms with Crippen molar-refractivity contribution in [1.29, 1.82) is 0 Å². The van der Waals surface area contributed by atoms with Crippen molar-refractivity contribution in [3.05, 3.63) is 71.9 Å². The minimum absolute atomic E-state index is 0. The molecule has 0 radical (unpaired) electrons. The van der Waals surface area contributed by atoms with Crippen LogP contribution in [-0.4, -0.2) is 54.6 Å². The van der Waals surface area contributed by atoms with E-state index in [0.29, 0.717) is 42.3 Å². The number of β-amino-alcohol motifs (C(OH)–C–C–N with tert-alkyl or cyclic N) is 1. The van der Waals surface area contributed by atoms with Gasteiger partial charge in [-0.25, -0.2) is 8.42 Å². The zero-order valence-electron chi connectivity index (χ0n) is 20.3. The van der Waals surface area contributed by atoms with Crippen molar-refractivity contribution >= 4 is 15.8 Å². The minimum Gasteiger partial charge on any atom is -0.454 e. The molecule has 1 unspecified atom stereocenters. The highest BCUT2D eigenvalue weighted by Gasteiger charge is 2.51. The molecule has 3 aliphatic rings. The number of carbonyl (C=O) groups excluding carboxylic acids is 1. The second-order valence-electron chi connectivity index (χ2n) is 9.95. The Bertz CT molecular complexity index is 1460. The Morgan fingerprint density at radius 3 is 2.62 bits per heavy atom. The summed E-state index contributed by atoms with van der Waals surface area (Å²) in [6.45, 7) is 0.729. The molecular weight excluding hydrogens is 492 g/mol. The van der Waals surface area contributed by atoms with Crippen LogP contribution in [0.1, 0.15) is 38.4 Å². The fourth-order valence-electron chi connectivity index (χ4n) is 5.21. The van der Waals surface area contributed by atoms with Crippen LogP contribution in [0.2, 0.25) is 0 Å². The molecule has 194 valence electrons. The molecular formula is C28H30N2O6S. The van der Waals surface area contributed by atoms with Crippen molar-refractivity contribution in [3.63, 3.8) is 0 Å². The second-order valence-corrected chi connectivity index (χ2v) is 11.9. The monoisotopic (exact) mass is 522 g/mol. The van der Waals surface area contributed by atoms with E-state index in [1.54, 1.807) is 24.3 Å². The topological polar surface area (TPSA) is 106 Å². The number of aromatic nitrogens is 1. The van der Waals surface area contributed by atoms with Gasteiger partial charge in [-0.1, -0.05) is 24.3 Å². The minimum atomic E-state index is -3.67. The highest BCUT2D eigenvalue weighted by molar-refractivity contribution is 7.89. The summed E-state index contributed by atoms with van der Waals surface area (Å²) >= 11 is 0. The van der Waals surface area contributed by atoms with Gasteiger partial charge in [-0.05, 0) is 67.6 Å². The zero-order chi connectivity index (χ0) is 25.6. The summed E-state index contributed by atoms with van der Waals surface area (Å²) in [5, 5.41) is 9.88. The Balaban J connectivity index is 0.00000294. The number of aliphatic hydroxyl groups is 1. The number of Topliss-reactive ketones (excluding diaryl/α,β-unsaturated/α-hetero) is 1. The third-order valence-electron chi connectivity index (χ3n) is 7.50. The van der Waals surface area contributed by atoms with Crippen molar-refractivity contribution in [1.82, 2.24) is 9.29 Å². The van der Waals surface area contributed by atoms with E-state index in [2.05, 4.69) is 0 Å². The lowest BCUT2D eigenvalue weighted by Gasteiger charge is -2.29. The van der Waals surface area contributed by atoms with Crippen LogP contribution in [0.5, 0.6) is 11.5 Å². The number of hydrogen-bond donors (Lipinski definition) is 1. The van der Waals surface area contributed by atoms with Crippen molar-refractivity contribution in [2.75, 3.05) is 19.9 Å². The average molecular weight is 523 g/mol. The van der Waals surface area contributed by atoms with Gasteiger partial charge in [0, 0.05) is 32.2 Å². The summed E-state index contributed by atoms with van der Waals surface area (Å²) in [7, 11) is -3.67. The molecule has 3 heterocycles. The van der Waals surface area contributed by atoms with Crippen molar-refractivity contribution in [2.45, 2.75) is 48.5 Å². The van der Waals surface area contributed by atoms with Gasteiger partial charge in [0.15, 0.2) is 11.5 Å². The van der Waals surface area contributed by atoms with Crippen LogP contribution in [0.4, 0.5) is 0 Å². The molecule has 1 aliphatic carbocycles. The quantitative estimate of drug-likeness (QED) is 0.504. The molecule has 1 N–H and O–H groups in total. The summed E-state index contributed by atoms with van der Waals surface area (Å²) in [6, 6.07) is 17.9. The first-order valence-corrected chi connectivity index (χ1v) is 14.0. The molecule has 0 amide bonds. The van der Waals surface area contributed by atoms with Crippen LogP contribution in [0.3, 0.4) is 0 Å². The van der Waals surface area contributed by atoms with E-state index < -0.39 is 21.5 Å². The lowest BCUT2D eigenvalue weighted by molar-refractivity contribution is -0.120. The number of fused-ring (bicyclic) bond motifs is 1. The molecule has 0 bridgehead atoms. The maximum absolute atomic E-state index is 13.4. The van der Waals surface area contributed by atoms with Gasteiger partial charge in [0.05, 0.1) is 22.1 Å². The number of pyridine rings is 1. The van der Waals surface area contributed by atoms with E-state index in [9.17, 15) is 18.3 Å². The van der Waals surface area contributed by atoms with Gasteiger partial charge >= 0.3 is 0 Å². The van der Waals surface area contributed by atoms with Crippen LogP contribution in [-0.2, 0) is 26.7 Å². The molecule has 2 aliphatic heterocycles. The second kappa shape index (κ2) is 9.24. The van der Waals surface area contributed by atoms with Crippen molar-refractivity contribution in [3.8, 4) is 22.8 Å². The Morgan fingerprint density at radius 1 is 1.08 bits per heavy atom. The predicted molar refractivity (Wildman–Crippen MR) is 138 cm³/mol. The Hall–Kier alpha value is -3.27. The SMILES string of the molecule is O=C(Cc1cccc(-c2ccc(S(=O)(=O)N3CCCC(O)C3)cc2)n1)C1(c2ccc3c(c2)OCO3)CC1.[HH]. The van der Waals surface area contributed by atoms with Crippen LogP contribution in [0.25, 0.3) is 11.3 Å². The number of ketones is 1. The van der Waals surface area contributed by atoms with E-state index in [4.69, 9.17) is 14.5 Å². The summed E-state index contributed by atoms with van der Waals surface area (Å²) < 4.78 is 38.2. The van der Waals surface area contributed by atoms with E-state index in [1.165, 1.54) is 4.31 Å². The third kappa shape index (κ3) is 4.52. The van der Waals surface area contributed by atoms with E-state index >= 15 is 0 Å². The van der Waals surface area contributed by atoms with Crippen molar-refractivity contribution < 1.29 is 29.2 Å². The molecule has 2 fully saturated rings. The number of rotatable bonds is 7. The first kappa shape index (κ1) is 24.1. The molecule has 9 heteroatoms. The van der Waals surface area contributed by atoms with Gasteiger partial charge in [0.1, 0.15) is 5.78 Å². The fourth-order valence-corrected chi connectivity index (χ4v) is 6.72. The van der Waals surface area contributed by atoms with Gasteiger partial charge in [0.25, 0.3) is 0 Å². The lowest BCUT2D eigenvalue weighted by atomic mass is 9.88. The standard InChI is InChI=1S/C28H28N2O6S.H2/c31-22-4-2-14-30(17-22)37(33,34)23-9-6-19(7-10-23)24-5-1-3-21(29-24)16-27(32)28(12-13-28)20-8-11-25-26(15-20)36-18-35-25;/h1,3,5-11,15,22,31H,2,4,12-14,16-18H2;1H. The smallest absolute Gasteiger partial charge is 0.243 e. The molecule has 1 saturated carbocycles. The van der Waals surface area contributed by atoms with Crippen LogP contribution < -0.4 is 9.47 Å². The Labute approximate surface area is 217 Å². The van der Waals surface area contributed by atoms with E-state index in [1.807, 2.05) is 36.4 Å². The largest absolute Gasteiger partial charge is 0.454 e. The number of nitrogens with zero attached hydrogens (tertiary/aromatic N) is 2.